The van der Waals surface area contributed by atoms with Gasteiger partial charge in [0.15, 0.2) is 5.79 Å². The van der Waals surface area contributed by atoms with Crippen LogP contribution < -0.4 is 10.6 Å². The molecule has 3 amide bonds. The lowest BCUT2D eigenvalue weighted by Gasteiger charge is -2.24. The quantitative estimate of drug-likeness (QED) is 0.297. The Balaban J connectivity index is 1.05. The maximum absolute atomic E-state index is 13.3. The Kier molecular flexibility index (Phi) is 8.51. The van der Waals surface area contributed by atoms with Crippen molar-refractivity contribution in [3.8, 4) is 17.2 Å². The van der Waals surface area contributed by atoms with E-state index >= 15 is 0 Å². The van der Waals surface area contributed by atoms with Crippen molar-refractivity contribution >= 4 is 29.1 Å². The molecular weight excluding hydrogens is 580 g/mol. The van der Waals surface area contributed by atoms with Gasteiger partial charge in [-0.2, -0.15) is 10.4 Å². The minimum absolute atomic E-state index is 0.0873. The molecule has 11 nitrogen and oxygen atoms in total. The van der Waals surface area contributed by atoms with Crippen LogP contribution in [-0.2, 0) is 32.2 Å². The van der Waals surface area contributed by atoms with Crippen molar-refractivity contribution in [1.82, 2.24) is 25.3 Å². The van der Waals surface area contributed by atoms with Crippen LogP contribution in [0.1, 0.15) is 32.8 Å². The molecule has 0 bridgehead atoms. The van der Waals surface area contributed by atoms with E-state index in [0.29, 0.717) is 30.9 Å². The second kappa shape index (κ2) is 12.8. The fraction of sp³-hybridized carbons (Fsp3) is 0.281. The molecule has 1 atom stereocenters. The highest BCUT2D eigenvalue weighted by Gasteiger charge is 2.52. The predicted molar refractivity (Wildman–Crippen MR) is 161 cm³/mol. The summed E-state index contributed by atoms with van der Waals surface area (Å²) in [6.45, 7) is 1.45. The van der Waals surface area contributed by atoms with E-state index in [1.54, 1.807) is 29.8 Å². The Hall–Kier alpha value is -4.83. The number of likely N-dealkylation sites (tertiary alicyclic amines) is 1. The number of carbonyl (C=O) groups excluding carboxylic acids is 3. The van der Waals surface area contributed by atoms with Gasteiger partial charge in [0.2, 0.25) is 11.8 Å². The van der Waals surface area contributed by atoms with Gasteiger partial charge in [-0.05, 0) is 29.3 Å². The van der Waals surface area contributed by atoms with Crippen molar-refractivity contribution in [2.75, 3.05) is 26.3 Å². The van der Waals surface area contributed by atoms with Gasteiger partial charge < -0.3 is 25.0 Å². The van der Waals surface area contributed by atoms with Gasteiger partial charge in [-0.3, -0.25) is 19.1 Å². The first kappa shape index (κ1) is 29.3. The van der Waals surface area contributed by atoms with E-state index in [1.807, 2.05) is 53.3 Å². The molecule has 4 aromatic rings. The molecule has 2 aliphatic heterocycles. The molecule has 0 unspecified atom stereocenters. The van der Waals surface area contributed by atoms with Crippen LogP contribution in [-0.4, -0.2) is 70.5 Å². The Morgan fingerprint density at radius 1 is 1.05 bits per heavy atom. The smallest absolute Gasteiger partial charge is 0.251 e. The SMILES string of the molecule is N#Cc1csc(CNC(=O)[C@@H]2CC3(CN2C(=O)CNC(=O)c2ccc(-c4cnn(Cc5ccccc5)c4)cc2)OCCO3)c1. The van der Waals surface area contributed by atoms with E-state index < -0.39 is 23.6 Å². The first-order valence-corrected chi connectivity index (χ1v) is 15.1. The van der Waals surface area contributed by atoms with Crippen LogP contribution in [0.4, 0.5) is 0 Å². The second-order valence-electron chi connectivity index (χ2n) is 10.7. The van der Waals surface area contributed by atoms with Crippen LogP contribution in [0, 0.1) is 11.3 Å². The number of hydrogen-bond acceptors (Lipinski definition) is 8. The molecule has 4 heterocycles. The van der Waals surface area contributed by atoms with Gasteiger partial charge in [0.25, 0.3) is 5.91 Å². The highest BCUT2D eigenvalue weighted by atomic mass is 32.1. The van der Waals surface area contributed by atoms with Crippen molar-refractivity contribution in [3.63, 3.8) is 0 Å². The van der Waals surface area contributed by atoms with Gasteiger partial charge in [0.1, 0.15) is 12.1 Å². The number of hydrogen-bond donors (Lipinski definition) is 2. The topological polar surface area (TPSA) is 139 Å². The number of aromatic nitrogens is 2. The van der Waals surface area contributed by atoms with E-state index in [9.17, 15) is 14.4 Å². The van der Waals surface area contributed by atoms with Gasteiger partial charge in [0.05, 0.1) is 51.2 Å². The summed E-state index contributed by atoms with van der Waals surface area (Å²) in [7, 11) is 0. The number of carbonyl (C=O) groups is 3. The minimum Gasteiger partial charge on any atom is -0.349 e. The number of nitrogens with one attached hydrogen (secondary N) is 2. The Morgan fingerprint density at radius 3 is 2.55 bits per heavy atom. The molecule has 2 N–H and O–H groups in total. The third kappa shape index (κ3) is 6.55. The monoisotopic (exact) mass is 610 g/mol. The number of ether oxygens (including phenoxy) is 2. The average Bonchev–Trinajstić information content (AvgIpc) is 3.87. The van der Waals surface area contributed by atoms with Crippen LogP contribution in [0.2, 0.25) is 0 Å². The van der Waals surface area contributed by atoms with Crippen molar-refractivity contribution in [1.29, 1.82) is 5.26 Å². The number of amides is 3. The lowest BCUT2D eigenvalue weighted by molar-refractivity contribution is -0.152. The Morgan fingerprint density at radius 2 is 1.82 bits per heavy atom. The molecule has 224 valence electrons. The largest absolute Gasteiger partial charge is 0.349 e. The standard InChI is InChI=1S/C32H30N6O5S/c33-14-23-12-27(44-20-23)16-34-31(41)28-13-32(42-10-11-43-32)21-38(28)29(39)17-35-30(40)25-8-6-24(7-9-25)26-15-36-37(19-26)18-22-4-2-1-3-5-22/h1-9,12,15,19-20,28H,10-11,13,16-18,21H2,(H,34,41)(H,35,40)/t28-/m0/s1. The highest BCUT2D eigenvalue weighted by Crippen LogP contribution is 2.35. The zero-order chi connectivity index (χ0) is 30.5. The third-order valence-electron chi connectivity index (χ3n) is 7.65. The van der Waals surface area contributed by atoms with Crippen molar-refractivity contribution in [3.05, 3.63) is 100 Å². The maximum Gasteiger partial charge on any atom is 0.251 e. The van der Waals surface area contributed by atoms with Crippen molar-refractivity contribution in [2.45, 2.75) is 31.3 Å². The molecule has 44 heavy (non-hydrogen) atoms. The highest BCUT2D eigenvalue weighted by molar-refractivity contribution is 7.10. The van der Waals surface area contributed by atoms with Crippen molar-refractivity contribution < 1.29 is 23.9 Å². The van der Waals surface area contributed by atoms with E-state index in [4.69, 9.17) is 14.7 Å². The fourth-order valence-electron chi connectivity index (χ4n) is 5.41. The molecular formula is C32H30N6O5S. The summed E-state index contributed by atoms with van der Waals surface area (Å²) < 4.78 is 13.4. The van der Waals surface area contributed by atoms with E-state index in [1.165, 1.54) is 16.2 Å². The number of nitrogens with zero attached hydrogens (tertiary/aromatic N) is 4. The molecule has 2 aliphatic rings. The first-order chi connectivity index (χ1) is 21.4. The molecule has 2 aromatic heterocycles. The van der Waals surface area contributed by atoms with Crippen LogP contribution >= 0.6 is 11.3 Å². The lowest BCUT2D eigenvalue weighted by Crippen LogP contribution is -2.49. The van der Waals surface area contributed by atoms with Crippen LogP contribution in [0.15, 0.2) is 78.4 Å². The molecule has 0 radical (unpaired) electrons. The van der Waals surface area contributed by atoms with Gasteiger partial charge in [-0.25, -0.2) is 0 Å². The molecule has 1 spiro atoms. The molecule has 0 aliphatic carbocycles. The van der Waals surface area contributed by atoms with Gasteiger partial charge in [-0.15, -0.1) is 11.3 Å². The lowest BCUT2D eigenvalue weighted by atomic mass is 10.1. The van der Waals surface area contributed by atoms with Crippen LogP contribution in [0.3, 0.4) is 0 Å². The Labute approximate surface area is 258 Å². The van der Waals surface area contributed by atoms with Gasteiger partial charge >= 0.3 is 0 Å². The maximum atomic E-state index is 13.3. The third-order valence-corrected chi connectivity index (χ3v) is 8.59. The summed E-state index contributed by atoms with van der Waals surface area (Å²) in [5.41, 5.74) is 3.92. The molecule has 12 heteroatoms. The molecule has 2 saturated heterocycles. The van der Waals surface area contributed by atoms with Crippen LogP contribution in [0.25, 0.3) is 11.1 Å². The van der Waals surface area contributed by atoms with Gasteiger partial charge in [0, 0.05) is 34.0 Å². The molecule has 2 aromatic carbocycles. The number of thiophene rings is 1. The number of nitriles is 1. The summed E-state index contributed by atoms with van der Waals surface area (Å²) >= 11 is 1.38. The summed E-state index contributed by atoms with van der Waals surface area (Å²) in [5, 5.41) is 20.7. The molecule has 0 saturated carbocycles. The first-order valence-electron chi connectivity index (χ1n) is 14.2. The van der Waals surface area contributed by atoms with E-state index in [2.05, 4.69) is 21.8 Å². The van der Waals surface area contributed by atoms with Gasteiger partial charge in [-0.1, -0.05) is 42.5 Å². The zero-order valence-electron chi connectivity index (χ0n) is 23.8. The summed E-state index contributed by atoms with van der Waals surface area (Å²) in [5.74, 6) is -2.21. The zero-order valence-corrected chi connectivity index (χ0v) is 24.6. The summed E-state index contributed by atoms with van der Waals surface area (Å²) in [6.07, 6.45) is 3.93. The molecule has 2 fully saturated rings. The molecule has 6 rings (SSSR count). The van der Waals surface area contributed by atoms with E-state index in [0.717, 1.165) is 21.6 Å². The van der Waals surface area contributed by atoms with Crippen molar-refractivity contribution in [2.24, 2.45) is 0 Å². The second-order valence-corrected chi connectivity index (χ2v) is 11.6. The number of rotatable bonds is 9. The number of benzene rings is 2. The van der Waals surface area contributed by atoms with Crippen LogP contribution in [0.5, 0.6) is 0 Å². The normalized spacial score (nSPS) is 17.0. The minimum atomic E-state index is -1.04. The average molecular weight is 611 g/mol. The van der Waals surface area contributed by atoms with E-state index in [-0.39, 0.29) is 32.0 Å². The fourth-order valence-corrected chi connectivity index (χ4v) is 6.16. The summed E-state index contributed by atoms with van der Waals surface area (Å²) in [6, 6.07) is 20.1. The summed E-state index contributed by atoms with van der Waals surface area (Å²) in [4.78, 5) is 41.6. The predicted octanol–water partition coefficient (Wildman–Crippen LogP) is 2.92. The Bertz CT molecular complexity index is 1690.